The summed E-state index contributed by atoms with van der Waals surface area (Å²) in [5.41, 5.74) is 7.99. The fourth-order valence-corrected chi connectivity index (χ4v) is 1.94. The van der Waals surface area contributed by atoms with E-state index in [1.165, 1.54) is 0 Å². The van der Waals surface area contributed by atoms with Gasteiger partial charge < -0.3 is 10.5 Å². The smallest absolute Gasteiger partial charge is 0.293 e. The van der Waals surface area contributed by atoms with Crippen molar-refractivity contribution < 1.29 is 9.53 Å². The van der Waals surface area contributed by atoms with Crippen LogP contribution in [0.4, 0.5) is 5.69 Å². The van der Waals surface area contributed by atoms with Crippen LogP contribution in [-0.4, -0.2) is 18.1 Å². The number of ether oxygens (including phenoxy) is 1. The molecule has 1 aromatic carbocycles. The number of pyridine rings is 1. The van der Waals surface area contributed by atoms with Gasteiger partial charge in [0.2, 0.25) is 0 Å². The van der Waals surface area contributed by atoms with Crippen LogP contribution in [0.25, 0.3) is 10.9 Å². The molecule has 88 valence electrons. The maximum Gasteiger partial charge on any atom is 0.293 e. The number of hydrogen-bond acceptors (Lipinski definition) is 4. The van der Waals surface area contributed by atoms with Crippen LogP contribution in [0, 0.1) is 0 Å². The highest BCUT2D eigenvalue weighted by Crippen LogP contribution is 2.28. The number of hydrogen-bond donors (Lipinski definition) is 1. The Morgan fingerprint density at radius 2 is 2.29 bits per heavy atom. The van der Waals surface area contributed by atoms with E-state index in [9.17, 15) is 4.79 Å². The standard InChI is InChI=1S/C12H11ClN2O2/c13-11(6-17-7-16)9-3-4-15-12-5-8(14)1-2-10(9)12/h1-5,7,11H,6,14H2. The van der Waals surface area contributed by atoms with E-state index in [1.807, 2.05) is 12.1 Å². The van der Waals surface area contributed by atoms with Crippen molar-refractivity contribution in [3.63, 3.8) is 0 Å². The molecule has 4 nitrogen and oxygen atoms in total. The first-order valence-corrected chi connectivity index (χ1v) is 5.49. The van der Waals surface area contributed by atoms with Crippen LogP contribution in [-0.2, 0) is 9.53 Å². The molecule has 5 heteroatoms. The topological polar surface area (TPSA) is 65.2 Å². The molecule has 0 radical (unpaired) electrons. The Bertz CT molecular complexity index is 545. The van der Waals surface area contributed by atoms with Crippen molar-refractivity contribution in [2.45, 2.75) is 5.38 Å². The first-order chi connectivity index (χ1) is 8.22. The third-order valence-electron chi connectivity index (χ3n) is 2.45. The lowest BCUT2D eigenvalue weighted by Crippen LogP contribution is -2.02. The number of rotatable bonds is 4. The number of carbonyl (C=O) groups excluding carboxylic acids is 1. The number of benzene rings is 1. The van der Waals surface area contributed by atoms with Gasteiger partial charge in [-0.05, 0) is 23.8 Å². The van der Waals surface area contributed by atoms with Crippen molar-refractivity contribution in [3.8, 4) is 0 Å². The largest absolute Gasteiger partial charge is 0.466 e. The number of nitrogens with two attached hydrogens (primary N) is 1. The third kappa shape index (κ3) is 2.47. The monoisotopic (exact) mass is 250 g/mol. The Hall–Kier alpha value is -1.81. The molecule has 1 aromatic heterocycles. The first kappa shape index (κ1) is 11.7. The molecule has 0 saturated carbocycles. The Morgan fingerprint density at radius 3 is 3.06 bits per heavy atom. The molecule has 0 spiro atoms. The third-order valence-corrected chi connectivity index (χ3v) is 2.81. The number of nitrogen functional groups attached to an aromatic ring is 1. The fourth-order valence-electron chi connectivity index (χ4n) is 1.67. The summed E-state index contributed by atoms with van der Waals surface area (Å²) in [4.78, 5) is 14.4. The van der Waals surface area contributed by atoms with Gasteiger partial charge in [-0.15, -0.1) is 11.6 Å². The van der Waals surface area contributed by atoms with E-state index >= 15 is 0 Å². The zero-order valence-corrected chi connectivity index (χ0v) is 9.72. The molecule has 1 heterocycles. The van der Waals surface area contributed by atoms with Gasteiger partial charge in [0.15, 0.2) is 0 Å². The summed E-state index contributed by atoms with van der Waals surface area (Å²) < 4.78 is 4.66. The second kappa shape index (κ2) is 5.01. The quantitative estimate of drug-likeness (QED) is 0.514. The summed E-state index contributed by atoms with van der Waals surface area (Å²) in [6.45, 7) is 0.519. The highest BCUT2D eigenvalue weighted by Gasteiger charge is 2.12. The number of alkyl halides is 1. The van der Waals surface area contributed by atoms with E-state index < -0.39 is 5.38 Å². The van der Waals surface area contributed by atoms with Crippen molar-refractivity contribution in [3.05, 3.63) is 36.0 Å². The minimum Gasteiger partial charge on any atom is -0.466 e. The van der Waals surface area contributed by atoms with Gasteiger partial charge in [-0.1, -0.05) is 6.07 Å². The van der Waals surface area contributed by atoms with E-state index in [1.54, 1.807) is 18.3 Å². The molecule has 0 amide bonds. The predicted molar refractivity (Wildman–Crippen MR) is 66.8 cm³/mol. The summed E-state index contributed by atoms with van der Waals surface area (Å²) >= 11 is 6.16. The van der Waals surface area contributed by atoms with Crippen molar-refractivity contribution >= 4 is 34.7 Å². The molecule has 0 saturated heterocycles. The van der Waals surface area contributed by atoms with Crippen LogP contribution in [0.1, 0.15) is 10.9 Å². The van der Waals surface area contributed by atoms with Crippen molar-refractivity contribution in [2.24, 2.45) is 0 Å². The van der Waals surface area contributed by atoms with Gasteiger partial charge in [0.05, 0.1) is 10.9 Å². The molecule has 2 N–H and O–H groups in total. The lowest BCUT2D eigenvalue weighted by atomic mass is 10.1. The summed E-state index contributed by atoms with van der Waals surface area (Å²) in [5.74, 6) is 0. The summed E-state index contributed by atoms with van der Waals surface area (Å²) in [7, 11) is 0. The zero-order chi connectivity index (χ0) is 12.3. The molecule has 1 atom stereocenters. The number of anilines is 1. The Morgan fingerprint density at radius 1 is 1.47 bits per heavy atom. The van der Waals surface area contributed by atoms with Crippen LogP contribution in [0.15, 0.2) is 30.5 Å². The van der Waals surface area contributed by atoms with E-state index in [0.717, 1.165) is 16.5 Å². The van der Waals surface area contributed by atoms with Crippen LogP contribution < -0.4 is 5.73 Å². The molecule has 2 aromatic rings. The van der Waals surface area contributed by atoms with Gasteiger partial charge in [0, 0.05) is 17.3 Å². The average Bonchev–Trinajstić information content (AvgIpc) is 2.34. The van der Waals surface area contributed by atoms with E-state index in [-0.39, 0.29) is 6.61 Å². The van der Waals surface area contributed by atoms with Crippen molar-refractivity contribution in [1.29, 1.82) is 0 Å². The van der Waals surface area contributed by atoms with Crippen LogP contribution in [0.2, 0.25) is 0 Å². The zero-order valence-electron chi connectivity index (χ0n) is 8.97. The van der Waals surface area contributed by atoms with Gasteiger partial charge in [-0.3, -0.25) is 9.78 Å². The Labute approximate surface area is 103 Å². The maximum atomic E-state index is 10.1. The lowest BCUT2D eigenvalue weighted by molar-refractivity contribution is -0.128. The SMILES string of the molecule is Nc1ccc2c(C(Cl)COC=O)ccnc2c1. The first-order valence-electron chi connectivity index (χ1n) is 5.06. The minimum absolute atomic E-state index is 0.133. The molecule has 0 aliphatic carbocycles. The molecule has 0 aliphatic heterocycles. The van der Waals surface area contributed by atoms with Crippen LogP contribution >= 0.6 is 11.6 Å². The normalized spacial score (nSPS) is 12.3. The van der Waals surface area contributed by atoms with Gasteiger partial charge in [0.25, 0.3) is 6.47 Å². The van der Waals surface area contributed by atoms with Gasteiger partial charge in [-0.25, -0.2) is 0 Å². The molecule has 0 aliphatic rings. The van der Waals surface area contributed by atoms with Gasteiger partial charge >= 0.3 is 0 Å². The van der Waals surface area contributed by atoms with Crippen molar-refractivity contribution in [1.82, 2.24) is 4.98 Å². The van der Waals surface area contributed by atoms with Gasteiger partial charge in [0.1, 0.15) is 6.61 Å². The summed E-state index contributed by atoms with van der Waals surface area (Å²) in [6, 6.07) is 7.24. The number of fused-ring (bicyclic) bond motifs is 1. The molecular weight excluding hydrogens is 240 g/mol. The summed E-state index contributed by atoms with van der Waals surface area (Å²) in [5, 5.41) is 0.519. The van der Waals surface area contributed by atoms with Gasteiger partial charge in [-0.2, -0.15) is 0 Å². The minimum atomic E-state index is -0.394. The second-order valence-corrected chi connectivity index (χ2v) is 4.10. The maximum absolute atomic E-state index is 10.1. The molecule has 17 heavy (non-hydrogen) atoms. The number of carbonyl (C=O) groups is 1. The van der Waals surface area contributed by atoms with E-state index in [0.29, 0.717) is 12.2 Å². The molecule has 0 bridgehead atoms. The Balaban J connectivity index is 2.43. The molecular formula is C12H11ClN2O2. The predicted octanol–water partition coefficient (Wildman–Crippen LogP) is 2.27. The second-order valence-electron chi connectivity index (χ2n) is 3.57. The number of aromatic nitrogens is 1. The lowest BCUT2D eigenvalue weighted by Gasteiger charge is -2.11. The highest BCUT2D eigenvalue weighted by molar-refractivity contribution is 6.22. The Kier molecular flexibility index (Phi) is 3.44. The van der Waals surface area contributed by atoms with E-state index in [4.69, 9.17) is 17.3 Å². The number of nitrogens with zero attached hydrogens (tertiary/aromatic N) is 1. The van der Waals surface area contributed by atoms with Crippen molar-refractivity contribution in [2.75, 3.05) is 12.3 Å². The molecule has 1 unspecified atom stereocenters. The molecule has 0 fully saturated rings. The molecule has 2 rings (SSSR count). The highest BCUT2D eigenvalue weighted by atomic mass is 35.5. The van der Waals surface area contributed by atoms with E-state index in [2.05, 4.69) is 9.72 Å². The number of halogens is 1. The van der Waals surface area contributed by atoms with Crippen LogP contribution in [0.5, 0.6) is 0 Å². The summed E-state index contributed by atoms with van der Waals surface area (Å²) in [6.07, 6.45) is 1.66. The van der Waals surface area contributed by atoms with Crippen LogP contribution in [0.3, 0.4) is 0 Å². The average molecular weight is 251 g/mol. The fraction of sp³-hybridized carbons (Fsp3) is 0.167.